The van der Waals surface area contributed by atoms with E-state index in [9.17, 15) is 0 Å². The number of benzene rings is 1. The number of hydrogen-bond acceptors (Lipinski definition) is 0. The van der Waals surface area contributed by atoms with E-state index in [1.807, 2.05) is 0 Å². The topological polar surface area (TPSA) is 0 Å². The first-order valence-corrected chi connectivity index (χ1v) is 10.4. The van der Waals surface area contributed by atoms with Gasteiger partial charge in [0.05, 0.1) is 0 Å². The van der Waals surface area contributed by atoms with Gasteiger partial charge in [-0.25, -0.2) is 0 Å². The van der Waals surface area contributed by atoms with Crippen LogP contribution in [0.1, 0.15) is 95.5 Å². The SMILES string of the molecule is CCC[C@H]1CC[C@H](CC[C@H]2CC[C@H](c3ccccc3)CC2)CC1. The minimum Gasteiger partial charge on any atom is -0.0654 e. The third kappa shape index (κ3) is 5.10. The molecular formula is C23H36. The molecule has 1 aromatic rings. The van der Waals surface area contributed by atoms with Crippen molar-refractivity contribution in [1.82, 2.24) is 0 Å². The van der Waals surface area contributed by atoms with Crippen molar-refractivity contribution < 1.29 is 0 Å². The molecule has 0 spiro atoms. The summed E-state index contributed by atoms with van der Waals surface area (Å²) in [5, 5.41) is 0. The van der Waals surface area contributed by atoms with Gasteiger partial charge < -0.3 is 0 Å². The average molecular weight is 313 g/mol. The van der Waals surface area contributed by atoms with E-state index in [1.54, 1.807) is 5.56 Å². The maximum Gasteiger partial charge on any atom is -0.0162 e. The van der Waals surface area contributed by atoms with E-state index in [2.05, 4.69) is 37.3 Å². The molecule has 0 bridgehead atoms. The summed E-state index contributed by atoms with van der Waals surface area (Å²) in [5.41, 5.74) is 1.58. The summed E-state index contributed by atoms with van der Waals surface area (Å²) in [6.45, 7) is 2.35. The Labute approximate surface area is 144 Å². The molecule has 0 radical (unpaired) electrons. The molecule has 2 fully saturated rings. The van der Waals surface area contributed by atoms with Gasteiger partial charge in [0.25, 0.3) is 0 Å². The van der Waals surface area contributed by atoms with Gasteiger partial charge in [-0.1, -0.05) is 88.6 Å². The van der Waals surface area contributed by atoms with Crippen LogP contribution in [-0.2, 0) is 0 Å². The molecule has 0 nitrogen and oxygen atoms in total. The van der Waals surface area contributed by atoms with E-state index < -0.39 is 0 Å². The van der Waals surface area contributed by atoms with Crippen molar-refractivity contribution in [2.45, 2.75) is 89.9 Å². The summed E-state index contributed by atoms with van der Waals surface area (Å²) in [7, 11) is 0. The zero-order valence-corrected chi connectivity index (χ0v) is 15.2. The lowest BCUT2D eigenvalue weighted by molar-refractivity contribution is 0.224. The quantitative estimate of drug-likeness (QED) is 0.515. The Kier molecular flexibility index (Phi) is 6.60. The molecule has 3 rings (SSSR count). The minimum atomic E-state index is 0.844. The number of rotatable bonds is 6. The van der Waals surface area contributed by atoms with E-state index in [0.717, 1.165) is 23.7 Å². The second-order valence-electron chi connectivity index (χ2n) is 8.38. The number of hydrogen-bond donors (Lipinski definition) is 0. The van der Waals surface area contributed by atoms with Crippen LogP contribution in [0.25, 0.3) is 0 Å². The van der Waals surface area contributed by atoms with Crippen LogP contribution in [0.3, 0.4) is 0 Å². The molecular weight excluding hydrogens is 276 g/mol. The Bertz CT molecular complexity index is 419. The molecule has 0 aliphatic heterocycles. The standard InChI is InChI=1S/C23H36/c1-2-6-19-9-11-20(12-10-19)13-14-21-15-17-23(18-16-21)22-7-4-3-5-8-22/h3-5,7-8,19-21,23H,2,6,9-18H2,1H3/t19-,20-,21-,23-. The minimum absolute atomic E-state index is 0.844. The van der Waals surface area contributed by atoms with Gasteiger partial charge >= 0.3 is 0 Å². The zero-order valence-electron chi connectivity index (χ0n) is 15.2. The van der Waals surface area contributed by atoms with Gasteiger partial charge in [-0.05, 0) is 54.9 Å². The first-order valence-electron chi connectivity index (χ1n) is 10.4. The lowest BCUT2D eigenvalue weighted by atomic mass is 9.74. The lowest BCUT2D eigenvalue weighted by Gasteiger charge is -2.32. The van der Waals surface area contributed by atoms with Gasteiger partial charge in [0.15, 0.2) is 0 Å². The molecule has 1 aromatic carbocycles. The molecule has 0 unspecified atom stereocenters. The largest absolute Gasteiger partial charge is 0.0654 e. The average Bonchev–Trinajstić information content (AvgIpc) is 2.63. The van der Waals surface area contributed by atoms with Gasteiger partial charge in [-0.2, -0.15) is 0 Å². The molecule has 0 heterocycles. The predicted molar refractivity (Wildman–Crippen MR) is 101 cm³/mol. The summed E-state index contributed by atoms with van der Waals surface area (Å²) < 4.78 is 0. The summed E-state index contributed by atoms with van der Waals surface area (Å²) >= 11 is 0. The van der Waals surface area contributed by atoms with Crippen LogP contribution in [0.2, 0.25) is 0 Å². The van der Waals surface area contributed by atoms with E-state index in [0.29, 0.717) is 0 Å². The van der Waals surface area contributed by atoms with Gasteiger partial charge in [0.2, 0.25) is 0 Å². The molecule has 23 heavy (non-hydrogen) atoms. The van der Waals surface area contributed by atoms with Gasteiger partial charge in [-0.15, -0.1) is 0 Å². The van der Waals surface area contributed by atoms with Gasteiger partial charge in [0, 0.05) is 0 Å². The molecule has 2 saturated carbocycles. The highest BCUT2D eigenvalue weighted by Crippen LogP contribution is 2.40. The van der Waals surface area contributed by atoms with Crippen molar-refractivity contribution in [2.75, 3.05) is 0 Å². The predicted octanol–water partition coefficient (Wildman–Crippen LogP) is 7.35. The Hall–Kier alpha value is -0.780. The van der Waals surface area contributed by atoms with Crippen LogP contribution >= 0.6 is 0 Å². The van der Waals surface area contributed by atoms with Crippen LogP contribution in [0.5, 0.6) is 0 Å². The fraction of sp³-hybridized carbons (Fsp3) is 0.739. The van der Waals surface area contributed by atoms with E-state index >= 15 is 0 Å². The van der Waals surface area contributed by atoms with Crippen molar-refractivity contribution >= 4 is 0 Å². The molecule has 0 amide bonds. The highest BCUT2D eigenvalue weighted by atomic mass is 14.3. The normalized spacial score (nSPS) is 31.9. The van der Waals surface area contributed by atoms with Gasteiger partial charge in [-0.3, -0.25) is 0 Å². The monoisotopic (exact) mass is 312 g/mol. The Morgan fingerprint density at radius 3 is 1.65 bits per heavy atom. The fourth-order valence-corrected chi connectivity index (χ4v) is 5.20. The third-order valence-electron chi connectivity index (χ3n) is 6.76. The van der Waals surface area contributed by atoms with Gasteiger partial charge in [0.1, 0.15) is 0 Å². The molecule has 128 valence electrons. The van der Waals surface area contributed by atoms with Crippen molar-refractivity contribution in [3.63, 3.8) is 0 Å². The van der Waals surface area contributed by atoms with Crippen LogP contribution < -0.4 is 0 Å². The third-order valence-corrected chi connectivity index (χ3v) is 6.76. The van der Waals surface area contributed by atoms with Crippen LogP contribution in [0, 0.1) is 17.8 Å². The molecule has 0 N–H and O–H groups in total. The van der Waals surface area contributed by atoms with E-state index in [4.69, 9.17) is 0 Å². The summed E-state index contributed by atoms with van der Waals surface area (Å²) in [5.74, 6) is 4.01. The molecule has 0 atom stereocenters. The Morgan fingerprint density at radius 1 is 0.652 bits per heavy atom. The zero-order chi connectivity index (χ0) is 15.9. The van der Waals surface area contributed by atoms with Crippen LogP contribution in [-0.4, -0.2) is 0 Å². The van der Waals surface area contributed by atoms with Crippen molar-refractivity contribution in [1.29, 1.82) is 0 Å². The Balaban J connectivity index is 1.34. The maximum absolute atomic E-state index is 2.35. The first kappa shape index (κ1) is 17.1. The van der Waals surface area contributed by atoms with E-state index in [1.165, 1.54) is 77.0 Å². The van der Waals surface area contributed by atoms with Crippen LogP contribution in [0.15, 0.2) is 30.3 Å². The maximum atomic E-state index is 2.35. The molecule has 2 aliphatic rings. The Morgan fingerprint density at radius 2 is 1.13 bits per heavy atom. The summed E-state index contributed by atoms with van der Waals surface area (Å²) in [6, 6.07) is 11.2. The van der Waals surface area contributed by atoms with Crippen molar-refractivity contribution in [3.8, 4) is 0 Å². The fourth-order valence-electron chi connectivity index (χ4n) is 5.20. The smallest absolute Gasteiger partial charge is 0.0162 e. The second-order valence-corrected chi connectivity index (χ2v) is 8.38. The molecule has 0 aromatic heterocycles. The van der Waals surface area contributed by atoms with Crippen LogP contribution in [0.4, 0.5) is 0 Å². The second kappa shape index (κ2) is 8.90. The highest BCUT2D eigenvalue weighted by Gasteiger charge is 2.25. The lowest BCUT2D eigenvalue weighted by Crippen LogP contribution is -2.17. The first-order chi connectivity index (χ1) is 11.3. The summed E-state index contributed by atoms with van der Waals surface area (Å²) in [4.78, 5) is 0. The van der Waals surface area contributed by atoms with Crippen molar-refractivity contribution in [3.05, 3.63) is 35.9 Å². The molecule has 2 aliphatic carbocycles. The van der Waals surface area contributed by atoms with E-state index in [-0.39, 0.29) is 0 Å². The molecule has 0 saturated heterocycles. The highest BCUT2D eigenvalue weighted by molar-refractivity contribution is 5.19. The van der Waals surface area contributed by atoms with Crippen molar-refractivity contribution in [2.24, 2.45) is 17.8 Å². The molecule has 0 heteroatoms. The summed E-state index contributed by atoms with van der Waals surface area (Å²) in [6.07, 6.45) is 17.8.